The van der Waals surface area contributed by atoms with E-state index in [0.717, 1.165) is 90.1 Å². The summed E-state index contributed by atoms with van der Waals surface area (Å²) in [4.78, 5) is 23.1. The third kappa shape index (κ3) is 7.38. The van der Waals surface area contributed by atoms with Crippen molar-refractivity contribution in [3.8, 4) is 5.75 Å². The molecule has 0 aromatic heterocycles. The molecule has 0 radical (unpaired) electrons. The van der Waals surface area contributed by atoms with Crippen molar-refractivity contribution >= 4 is 11.9 Å². The Morgan fingerprint density at radius 1 is 1.22 bits per heavy atom. The summed E-state index contributed by atoms with van der Waals surface area (Å²) >= 11 is 0. The fraction of sp³-hybridized carbons (Fsp3) is 0.667. The van der Waals surface area contributed by atoms with Gasteiger partial charge in [0.2, 0.25) is 5.91 Å². The summed E-state index contributed by atoms with van der Waals surface area (Å²) in [6, 6.07) is 6.39. The molecule has 0 aliphatic carbocycles. The number of ether oxygens (including phenoxy) is 2. The summed E-state index contributed by atoms with van der Waals surface area (Å²) < 4.78 is 11.2. The van der Waals surface area contributed by atoms with Gasteiger partial charge in [0.05, 0.1) is 19.8 Å². The number of aliphatic imine (C=N–C) groups is 1. The number of likely N-dealkylation sites (N-methyl/N-ethyl adjacent to an activating group) is 1. The lowest BCUT2D eigenvalue weighted by molar-refractivity contribution is -0.127. The van der Waals surface area contributed by atoms with E-state index in [9.17, 15) is 4.79 Å². The van der Waals surface area contributed by atoms with Crippen molar-refractivity contribution in [2.75, 3.05) is 73.2 Å². The zero-order valence-electron chi connectivity index (χ0n) is 19.9. The molecule has 0 saturated carbocycles. The Morgan fingerprint density at radius 2 is 2.03 bits per heavy atom. The summed E-state index contributed by atoms with van der Waals surface area (Å²) in [6.07, 6.45) is 2.98. The van der Waals surface area contributed by atoms with Gasteiger partial charge in [0.1, 0.15) is 12.3 Å². The van der Waals surface area contributed by atoms with Gasteiger partial charge >= 0.3 is 0 Å². The van der Waals surface area contributed by atoms with Gasteiger partial charge in [-0.25, -0.2) is 4.99 Å². The first-order valence-corrected chi connectivity index (χ1v) is 11.8. The number of hydrogen-bond donors (Lipinski definition) is 1. The Kier molecular flexibility index (Phi) is 9.62. The van der Waals surface area contributed by atoms with Gasteiger partial charge in [0, 0.05) is 46.8 Å². The van der Waals surface area contributed by atoms with E-state index in [4.69, 9.17) is 9.47 Å². The van der Waals surface area contributed by atoms with Gasteiger partial charge in [-0.15, -0.1) is 0 Å². The smallest absolute Gasteiger partial charge is 0.243 e. The monoisotopic (exact) mass is 445 g/mol. The van der Waals surface area contributed by atoms with Crippen LogP contribution in [0.15, 0.2) is 23.2 Å². The number of hydrogen-bond acceptors (Lipinski definition) is 5. The summed E-state index contributed by atoms with van der Waals surface area (Å²) in [5, 5.41) is 3.52. The molecule has 0 bridgehead atoms. The zero-order chi connectivity index (χ0) is 22.8. The fourth-order valence-electron chi connectivity index (χ4n) is 3.90. The van der Waals surface area contributed by atoms with E-state index in [-0.39, 0.29) is 12.5 Å². The predicted molar refractivity (Wildman–Crippen MR) is 127 cm³/mol. The molecule has 1 fully saturated rings. The molecule has 8 heteroatoms. The van der Waals surface area contributed by atoms with Crippen molar-refractivity contribution in [1.29, 1.82) is 0 Å². The number of nitrogens with zero attached hydrogens (tertiary/aromatic N) is 4. The number of guanidine groups is 1. The topological polar surface area (TPSA) is 69.6 Å². The van der Waals surface area contributed by atoms with Gasteiger partial charge in [-0.2, -0.15) is 0 Å². The number of benzene rings is 1. The summed E-state index contributed by atoms with van der Waals surface area (Å²) in [6.45, 7) is 10.2. The average molecular weight is 446 g/mol. The van der Waals surface area contributed by atoms with Crippen LogP contribution in [0.3, 0.4) is 0 Å². The summed E-state index contributed by atoms with van der Waals surface area (Å²) in [7, 11) is 3.53. The van der Waals surface area contributed by atoms with Crippen LogP contribution in [0.25, 0.3) is 0 Å². The van der Waals surface area contributed by atoms with Crippen LogP contribution in [0.5, 0.6) is 5.75 Å². The Labute approximate surface area is 192 Å². The van der Waals surface area contributed by atoms with Crippen molar-refractivity contribution in [1.82, 2.24) is 20.0 Å². The van der Waals surface area contributed by atoms with Crippen molar-refractivity contribution in [2.45, 2.75) is 32.7 Å². The van der Waals surface area contributed by atoms with Crippen LogP contribution >= 0.6 is 0 Å². The molecule has 32 heavy (non-hydrogen) atoms. The van der Waals surface area contributed by atoms with Crippen LogP contribution in [0.2, 0.25) is 0 Å². The molecular formula is C24H39N5O3. The third-order valence-corrected chi connectivity index (χ3v) is 5.86. The zero-order valence-corrected chi connectivity index (χ0v) is 19.9. The number of nitrogens with one attached hydrogen (secondary N) is 1. The number of fused-ring (bicyclic) bond motifs is 1. The lowest BCUT2D eigenvalue weighted by Gasteiger charge is -2.32. The molecule has 3 rings (SSSR count). The van der Waals surface area contributed by atoms with Gasteiger partial charge in [-0.1, -0.05) is 13.0 Å². The van der Waals surface area contributed by atoms with Gasteiger partial charge in [0.15, 0.2) is 5.96 Å². The van der Waals surface area contributed by atoms with Gasteiger partial charge in [-0.05, 0) is 49.1 Å². The van der Waals surface area contributed by atoms with E-state index in [1.54, 1.807) is 19.0 Å². The Hall–Kier alpha value is -2.32. The first-order chi connectivity index (χ1) is 15.6. The number of morpholine rings is 1. The van der Waals surface area contributed by atoms with E-state index in [0.29, 0.717) is 0 Å². The van der Waals surface area contributed by atoms with Crippen LogP contribution in [-0.2, 0) is 22.5 Å². The van der Waals surface area contributed by atoms with Crippen molar-refractivity contribution < 1.29 is 14.3 Å². The van der Waals surface area contributed by atoms with Gasteiger partial charge in [0.25, 0.3) is 0 Å². The second kappa shape index (κ2) is 12.6. The van der Waals surface area contributed by atoms with Crippen LogP contribution in [0.4, 0.5) is 0 Å². The van der Waals surface area contributed by atoms with Gasteiger partial charge < -0.3 is 24.6 Å². The molecule has 1 saturated heterocycles. The minimum Gasteiger partial charge on any atom is -0.494 e. The molecule has 2 aliphatic rings. The quantitative estimate of drug-likeness (QED) is 0.354. The predicted octanol–water partition coefficient (Wildman–Crippen LogP) is 1.59. The standard InChI is InChI=1S/C24H39N5O3/c1-4-14-32-22-7-6-21-19-29(11-8-20(21)17-22)24(26-18-23(30)27(2)3)25-9-5-10-28-12-15-31-16-13-28/h6-7,17H,4-5,8-16,18-19H2,1-3H3,(H,25,26). The first-order valence-electron chi connectivity index (χ1n) is 11.8. The van der Waals surface area contributed by atoms with Crippen molar-refractivity contribution in [3.05, 3.63) is 29.3 Å². The highest BCUT2D eigenvalue weighted by Crippen LogP contribution is 2.24. The lowest BCUT2D eigenvalue weighted by Crippen LogP contribution is -2.45. The Balaban J connectivity index is 1.59. The Bertz CT molecular complexity index is 762. The molecule has 1 N–H and O–H groups in total. The van der Waals surface area contributed by atoms with Crippen molar-refractivity contribution in [2.24, 2.45) is 4.99 Å². The molecule has 0 atom stereocenters. The van der Waals surface area contributed by atoms with E-state index in [1.165, 1.54) is 11.1 Å². The third-order valence-electron chi connectivity index (χ3n) is 5.86. The van der Waals surface area contributed by atoms with Crippen LogP contribution in [0.1, 0.15) is 30.9 Å². The molecule has 1 aromatic carbocycles. The molecule has 1 aromatic rings. The van der Waals surface area contributed by atoms with E-state index in [2.05, 4.69) is 45.2 Å². The first kappa shape index (κ1) is 24.3. The van der Waals surface area contributed by atoms with Crippen LogP contribution < -0.4 is 10.1 Å². The minimum atomic E-state index is 0.00717. The molecule has 0 spiro atoms. The van der Waals surface area contributed by atoms with Gasteiger partial charge in [-0.3, -0.25) is 9.69 Å². The molecule has 0 unspecified atom stereocenters. The highest BCUT2D eigenvalue weighted by atomic mass is 16.5. The number of amides is 1. The van der Waals surface area contributed by atoms with E-state index < -0.39 is 0 Å². The average Bonchev–Trinajstić information content (AvgIpc) is 2.82. The van der Waals surface area contributed by atoms with Crippen LogP contribution in [0, 0.1) is 0 Å². The maximum atomic E-state index is 12.1. The summed E-state index contributed by atoms with van der Waals surface area (Å²) in [5.41, 5.74) is 2.63. The highest BCUT2D eigenvalue weighted by Gasteiger charge is 2.20. The molecule has 178 valence electrons. The number of carbonyl (C=O) groups excluding carboxylic acids is 1. The van der Waals surface area contributed by atoms with Crippen molar-refractivity contribution in [3.63, 3.8) is 0 Å². The van der Waals surface area contributed by atoms with E-state index in [1.807, 2.05) is 0 Å². The Morgan fingerprint density at radius 3 is 2.78 bits per heavy atom. The molecule has 8 nitrogen and oxygen atoms in total. The normalized spacial score (nSPS) is 17.1. The minimum absolute atomic E-state index is 0.00717. The second-order valence-electron chi connectivity index (χ2n) is 8.61. The molecular weight excluding hydrogens is 406 g/mol. The summed E-state index contributed by atoms with van der Waals surface area (Å²) in [5.74, 6) is 1.78. The highest BCUT2D eigenvalue weighted by molar-refractivity contribution is 5.85. The molecule has 2 aliphatic heterocycles. The second-order valence-corrected chi connectivity index (χ2v) is 8.61. The molecule has 2 heterocycles. The SMILES string of the molecule is CCCOc1ccc2c(c1)CCN(C(=NCC(=O)N(C)C)NCCCN1CCOCC1)C2. The largest absolute Gasteiger partial charge is 0.494 e. The maximum absolute atomic E-state index is 12.1. The fourth-order valence-corrected chi connectivity index (χ4v) is 3.90. The lowest BCUT2D eigenvalue weighted by atomic mass is 9.99. The van der Waals surface area contributed by atoms with E-state index >= 15 is 0 Å². The molecule has 1 amide bonds. The number of carbonyl (C=O) groups is 1. The maximum Gasteiger partial charge on any atom is 0.243 e. The number of rotatable bonds is 9. The van der Waals surface area contributed by atoms with Crippen LogP contribution in [-0.4, -0.2) is 99.8 Å².